The van der Waals surface area contributed by atoms with Crippen LogP contribution in [0.2, 0.25) is 0 Å². The van der Waals surface area contributed by atoms with Gasteiger partial charge >= 0.3 is 11.9 Å². The largest absolute Gasteiger partial charge is 0.478 e. The first-order valence-corrected chi connectivity index (χ1v) is 7.54. The van der Waals surface area contributed by atoms with E-state index in [9.17, 15) is 24.2 Å². The highest BCUT2D eigenvalue weighted by Crippen LogP contribution is 2.32. The number of halogens is 1. The summed E-state index contributed by atoms with van der Waals surface area (Å²) in [5.74, 6) is -3.91. The maximum atomic E-state index is 14.9. The van der Waals surface area contributed by atoms with Crippen molar-refractivity contribution in [1.82, 2.24) is 0 Å². The molecule has 0 spiro atoms. The second-order valence-electron chi connectivity index (χ2n) is 8.34. The molecule has 4 nitrogen and oxygen atoms in total. The topological polar surface area (TPSA) is 74.6 Å². The molecule has 1 aromatic rings. The van der Waals surface area contributed by atoms with Crippen molar-refractivity contribution in [1.29, 1.82) is 0 Å². The second-order valence-corrected chi connectivity index (χ2v) is 8.34. The molecule has 0 unspecified atom stereocenters. The van der Waals surface area contributed by atoms with Crippen molar-refractivity contribution < 1.29 is 24.2 Å². The summed E-state index contributed by atoms with van der Waals surface area (Å²) < 4.78 is 14.9. The van der Waals surface area contributed by atoms with Crippen LogP contribution in [0.25, 0.3) is 0 Å². The van der Waals surface area contributed by atoms with E-state index >= 15 is 0 Å². The highest BCUT2D eigenvalue weighted by Gasteiger charge is 2.29. The van der Waals surface area contributed by atoms with E-state index in [-0.39, 0.29) is 10.8 Å². The van der Waals surface area contributed by atoms with Gasteiger partial charge in [0.1, 0.15) is 11.4 Å². The first-order chi connectivity index (χ1) is 10.2. The summed E-state index contributed by atoms with van der Waals surface area (Å²) in [7, 11) is 0. The minimum atomic E-state index is -1.56. The molecule has 0 saturated carbocycles. The molecule has 1 rings (SSSR count). The fourth-order valence-corrected chi connectivity index (χ4v) is 2.57. The van der Waals surface area contributed by atoms with Crippen LogP contribution in [0.4, 0.5) is 4.39 Å². The number of rotatable bonds is 4. The molecule has 0 aliphatic heterocycles. The molecule has 23 heavy (non-hydrogen) atoms. The van der Waals surface area contributed by atoms with E-state index in [1.807, 2.05) is 41.5 Å². The molecule has 128 valence electrons. The van der Waals surface area contributed by atoms with Gasteiger partial charge in [-0.1, -0.05) is 41.5 Å². The lowest BCUT2D eigenvalue weighted by Crippen LogP contribution is -2.21. The van der Waals surface area contributed by atoms with Crippen molar-refractivity contribution in [3.05, 3.63) is 34.1 Å². The molecule has 5 heteroatoms. The predicted molar refractivity (Wildman–Crippen MR) is 86.6 cm³/mol. The number of hydrogen-bond acceptors (Lipinski definition) is 2. The van der Waals surface area contributed by atoms with Gasteiger partial charge in [-0.25, -0.2) is 14.0 Å². The molecule has 1 aromatic carbocycles. The molecule has 0 aliphatic rings. The lowest BCUT2D eigenvalue weighted by atomic mass is 9.79. The minimum absolute atomic E-state index is 0.181. The molecule has 0 atom stereocenters. The molecule has 0 bridgehead atoms. The molecular weight excluding hydrogens is 299 g/mol. The van der Waals surface area contributed by atoms with Gasteiger partial charge in [0.05, 0.1) is 5.56 Å². The van der Waals surface area contributed by atoms with Gasteiger partial charge in [-0.05, 0) is 40.9 Å². The summed E-state index contributed by atoms with van der Waals surface area (Å²) in [5, 5.41) is 18.5. The van der Waals surface area contributed by atoms with Crippen molar-refractivity contribution in [3.63, 3.8) is 0 Å². The Labute approximate surface area is 136 Å². The van der Waals surface area contributed by atoms with E-state index in [0.717, 1.165) is 0 Å². The Morgan fingerprint density at radius 2 is 1.43 bits per heavy atom. The molecule has 0 aliphatic carbocycles. The van der Waals surface area contributed by atoms with Crippen LogP contribution in [0.1, 0.15) is 73.4 Å². The smallest absolute Gasteiger partial charge is 0.339 e. The van der Waals surface area contributed by atoms with Gasteiger partial charge in [0.2, 0.25) is 0 Å². The maximum absolute atomic E-state index is 14.9. The van der Waals surface area contributed by atoms with Gasteiger partial charge in [-0.3, -0.25) is 0 Å². The summed E-state index contributed by atoms with van der Waals surface area (Å²) in [6, 6.07) is 1.32. The predicted octanol–water partition coefficient (Wildman–Crippen LogP) is 4.40. The Balaban J connectivity index is 3.71. The number of hydrogen-bond donors (Lipinski definition) is 2. The summed E-state index contributed by atoms with van der Waals surface area (Å²) in [5.41, 5.74) is -0.823. The van der Waals surface area contributed by atoms with Gasteiger partial charge in [0.15, 0.2) is 0 Å². The van der Waals surface area contributed by atoms with Crippen LogP contribution in [-0.4, -0.2) is 22.2 Å². The van der Waals surface area contributed by atoms with Crippen LogP contribution >= 0.6 is 0 Å². The number of aromatic carboxylic acids is 2. The van der Waals surface area contributed by atoms with Crippen molar-refractivity contribution >= 4 is 11.9 Å². The average molecular weight is 324 g/mol. The Bertz CT molecular complexity index is 634. The third kappa shape index (κ3) is 5.05. The van der Waals surface area contributed by atoms with Crippen LogP contribution in [0.3, 0.4) is 0 Å². The van der Waals surface area contributed by atoms with Gasteiger partial charge in [0, 0.05) is 0 Å². The zero-order chi connectivity index (χ0) is 18.2. The quantitative estimate of drug-likeness (QED) is 0.861. The molecule has 0 amide bonds. The van der Waals surface area contributed by atoms with Gasteiger partial charge < -0.3 is 10.2 Å². The molecule has 2 N–H and O–H groups in total. The third-order valence-corrected chi connectivity index (χ3v) is 3.33. The standard InChI is InChI=1S/C18H25FO4/c1-17(2,3)8-10-7-11(15(20)21)13(16(22)23)14(19)12(10)9-18(4,5)6/h7H,8-9H2,1-6H3,(H,20,21)(H,22,23). The van der Waals surface area contributed by atoms with Crippen molar-refractivity contribution in [2.75, 3.05) is 0 Å². The van der Waals surface area contributed by atoms with Crippen LogP contribution in [0.5, 0.6) is 0 Å². The van der Waals surface area contributed by atoms with E-state index in [1.165, 1.54) is 6.07 Å². The fourth-order valence-electron chi connectivity index (χ4n) is 2.57. The lowest BCUT2D eigenvalue weighted by molar-refractivity contribution is 0.0646. The summed E-state index contributed by atoms with van der Waals surface area (Å²) in [4.78, 5) is 22.7. The minimum Gasteiger partial charge on any atom is -0.478 e. The summed E-state index contributed by atoms with van der Waals surface area (Å²) in [6.45, 7) is 11.7. The number of carboxylic acid groups (broad SMARTS) is 2. The van der Waals surface area contributed by atoms with Gasteiger partial charge in [0.25, 0.3) is 0 Å². The fraction of sp³-hybridized carbons (Fsp3) is 0.556. The summed E-state index contributed by atoms with van der Waals surface area (Å²) >= 11 is 0. The Morgan fingerprint density at radius 1 is 0.957 bits per heavy atom. The van der Waals surface area contributed by atoms with Crippen molar-refractivity contribution in [3.8, 4) is 0 Å². The van der Waals surface area contributed by atoms with E-state index in [2.05, 4.69) is 0 Å². The molecule has 0 fully saturated rings. The van der Waals surface area contributed by atoms with E-state index in [1.54, 1.807) is 0 Å². The summed E-state index contributed by atoms with van der Waals surface area (Å²) in [6.07, 6.45) is 0.805. The molecular formula is C18H25FO4. The van der Waals surface area contributed by atoms with Crippen molar-refractivity contribution in [2.24, 2.45) is 10.8 Å². The zero-order valence-electron chi connectivity index (χ0n) is 14.6. The number of benzene rings is 1. The number of carbonyl (C=O) groups is 2. The molecule has 0 radical (unpaired) electrons. The van der Waals surface area contributed by atoms with Gasteiger partial charge in [-0.15, -0.1) is 0 Å². The highest BCUT2D eigenvalue weighted by molar-refractivity contribution is 6.02. The zero-order valence-corrected chi connectivity index (χ0v) is 14.6. The SMILES string of the molecule is CC(C)(C)Cc1cc(C(=O)O)c(C(=O)O)c(F)c1CC(C)(C)C. The normalized spacial score (nSPS) is 12.3. The number of carboxylic acids is 2. The second kappa shape index (κ2) is 6.30. The van der Waals surface area contributed by atoms with Crippen LogP contribution in [0.15, 0.2) is 6.07 Å². The first-order valence-electron chi connectivity index (χ1n) is 7.54. The van der Waals surface area contributed by atoms with Crippen LogP contribution < -0.4 is 0 Å². The van der Waals surface area contributed by atoms with E-state index < -0.39 is 28.9 Å². The Morgan fingerprint density at radius 3 is 1.78 bits per heavy atom. The van der Waals surface area contributed by atoms with Gasteiger partial charge in [-0.2, -0.15) is 0 Å². The third-order valence-electron chi connectivity index (χ3n) is 3.33. The Hall–Kier alpha value is -1.91. The van der Waals surface area contributed by atoms with Crippen LogP contribution in [-0.2, 0) is 12.8 Å². The molecule has 0 heterocycles. The first kappa shape index (κ1) is 19.1. The van der Waals surface area contributed by atoms with Crippen molar-refractivity contribution in [2.45, 2.75) is 54.4 Å². The maximum Gasteiger partial charge on any atom is 0.339 e. The monoisotopic (exact) mass is 324 g/mol. The van der Waals surface area contributed by atoms with E-state index in [0.29, 0.717) is 24.0 Å². The lowest BCUT2D eigenvalue weighted by Gasteiger charge is -2.26. The molecule has 0 aromatic heterocycles. The highest BCUT2D eigenvalue weighted by atomic mass is 19.1. The van der Waals surface area contributed by atoms with Crippen LogP contribution in [0, 0.1) is 16.6 Å². The van der Waals surface area contributed by atoms with E-state index in [4.69, 9.17) is 0 Å². The average Bonchev–Trinajstić information content (AvgIpc) is 2.29. The Kier molecular flexibility index (Phi) is 5.24. The molecule has 0 saturated heterocycles.